The topological polar surface area (TPSA) is 71.2 Å². The molecule has 0 aliphatic heterocycles. The third kappa shape index (κ3) is 3.96. The molecular weight excluding hydrogens is 226 g/mol. The number of hydrogen-bond acceptors (Lipinski definition) is 4. The van der Waals surface area contributed by atoms with E-state index in [-0.39, 0.29) is 11.4 Å². The highest BCUT2D eigenvalue weighted by molar-refractivity contribution is 6.32. The van der Waals surface area contributed by atoms with Crippen LogP contribution in [0.5, 0.6) is 0 Å². The Morgan fingerprint density at radius 1 is 1.56 bits per heavy atom. The average molecular weight is 244 g/mol. The van der Waals surface area contributed by atoms with Gasteiger partial charge in [-0.3, -0.25) is 0 Å². The molecule has 1 rings (SSSR count). The maximum atomic E-state index is 9.90. The number of rotatable bonds is 3. The molecule has 0 aromatic carbocycles. The van der Waals surface area contributed by atoms with Crippen molar-refractivity contribution in [3.8, 4) is 0 Å². The molecule has 1 heterocycles. The van der Waals surface area contributed by atoms with E-state index in [1.807, 2.05) is 20.8 Å². The molecule has 0 saturated carbocycles. The predicted molar refractivity (Wildman–Crippen MR) is 66.4 cm³/mol. The van der Waals surface area contributed by atoms with E-state index in [2.05, 4.69) is 10.3 Å². The summed E-state index contributed by atoms with van der Waals surface area (Å²) in [6.07, 6.45) is 0.903. The number of hydrogen-bond donors (Lipinski definition) is 3. The molecule has 1 atom stereocenters. The lowest BCUT2D eigenvalue weighted by Crippen LogP contribution is -2.38. The van der Waals surface area contributed by atoms with E-state index in [1.165, 1.54) is 6.20 Å². The van der Waals surface area contributed by atoms with Crippen LogP contribution in [0.3, 0.4) is 0 Å². The highest BCUT2D eigenvalue weighted by Crippen LogP contribution is 2.21. The molecule has 4 nitrogen and oxygen atoms in total. The first-order valence-electron chi connectivity index (χ1n) is 5.13. The van der Waals surface area contributed by atoms with Crippen molar-refractivity contribution in [3.63, 3.8) is 0 Å². The van der Waals surface area contributed by atoms with Crippen molar-refractivity contribution in [1.29, 1.82) is 0 Å². The van der Waals surface area contributed by atoms with E-state index >= 15 is 0 Å². The SMILES string of the molecule is CC(C)(C)NCC(O)c1cnc(N)c(Cl)c1. The Morgan fingerprint density at radius 2 is 2.19 bits per heavy atom. The van der Waals surface area contributed by atoms with E-state index in [4.69, 9.17) is 17.3 Å². The third-order valence-electron chi connectivity index (χ3n) is 2.10. The van der Waals surface area contributed by atoms with Gasteiger partial charge in [0.25, 0.3) is 0 Å². The lowest BCUT2D eigenvalue weighted by atomic mass is 10.1. The number of aliphatic hydroxyl groups excluding tert-OH is 1. The summed E-state index contributed by atoms with van der Waals surface area (Å²) >= 11 is 5.83. The Balaban J connectivity index is 2.66. The zero-order valence-electron chi connectivity index (χ0n) is 9.79. The lowest BCUT2D eigenvalue weighted by Gasteiger charge is -2.23. The molecule has 0 amide bonds. The van der Waals surface area contributed by atoms with Gasteiger partial charge in [0.1, 0.15) is 5.82 Å². The minimum absolute atomic E-state index is 0.0357. The Labute approximate surface area is 101 Å². The van der Waals surface area contributed by atoms with Gasteiger partial charge in [-0.05, 0) is 26.8 Å². The lowest BCUT2D eigenvalue weighted by molar-refractivity contribution is 0.163. The Kier molecular flexibility index (Phi) is 4.13. The molecule has 0 fully saturated rings. The third-order valence-corrected chi connectivity index (χ3v) is 2.40. The van der Waals surface area contributed by atoms with Crippen molar-refractivity contribution in [1.82, 2.24) is 10.3 Å². The first-order valence-corrected chi connectivity index (χ1v) is 5.51. The molecular formula is C11H18ClN3O. The van der Waals surface area contributed by atoms with Crippen LogP contribution in [0, 0.1) is 0 Å². The van der Waals surface area contributed by atoms with Crippen molar-refractivity contribution in [2.45, 2.75) is 32.4 Å². The fourth-order valence-corrected chi connectivity index (χ4v) is 1.34. The number of nitrogens with one attached hydrogen (secondary N) is 1. The molecule has 0 bridgehead atoms. The van der Waals surface area contributed by atoms with E-state index in [0.29, 0.717) is 17.1 Å². The molecule has 1 aromatic rings. The number of β-amino-alcohol motifs (C(OH)–C–C–N with tert-alkyl or cyclic N) is 1. The van der Waals surface area contributed by atoms with E-state index < -0.39 is 6.10 Å². The highest BCUT2D eigenvalue weighted by atomic mass is 35.5. The van der Waals surface area contributed by atoms with Gasteiger partial charge in [0.15, 0.2) is 0 Å². The number of nitrogen functional groups attached to an aromatic ring is 1. The fraction of sp³-hybridized carbons (Fsp3) is 0.545. The summed E-state index contributed by atoms with van der Waals surface area (Å²) in [5.74, 6) is 0.279. The van der Waals surface area contributed by atoms with Gasteiger partial charge in [-0.15, -0.1) is 0 Å². The van der Waals surface area contributed by atoms with Crippen LogP contribution in [0.1, 0.15) is 32.4 Å². The van der Waals surface area contributed by atoms with Crippen LogP contribution in [0.2, 0.25) is 5.02 Å². The molecule has 90 valence electrons. The summed E-state index contributed by atoms with van der Waals surface area (Å²) in [6.45, 7) is 6.56. The second-order valence-corrected chi connectivity index (χ2v) is 5.19. The van der Waals surface area contributed by atoms with Crippen LogP contribution in [-0.4, -0.2) is 22.2 Å². The summed E-state index contributed by atoms with van der Waals surface area (Å²) in [6, 6.07) is 1.64. The van der Waals surface area contributed by atoms with E-state index in [0.717, 1.165) is 0 Å². The van der Waals surface area contributed by atoms with Crippen molar-refractivity contribution in [3.05, 3.63) is 22.8 Å². The second kappa shape index (κ2) is 4.99. The molecule has 5 heteroatoms. The molecule has 0 spiro atoms. The molecule has 0 saturated heterocycles. The molecule has 4 N–H and O–H groups in total. The Hall–Kier alpha value is -0.840. The van der Waals surface area contributed by atoms with Crippen LogP contribution >= 0.6 is 11.6 Å². The summed E-state index contributed by atoms with van der Waals surface area (Å²) in [5, 5.41) is 13.5. The van der Waals surface area contributed by atoms with Crippen molar-refractivity contribution >= 4 is 17.4 Å². The molecule has 1 aromatic heterocycles. The zero-order chi connectivity index (χ0) is 12.3. The second-order valence-electron chi connectivity index (χ2n) is 4.78. The van der Waals surface area contributed by atoms with Crippen molar-refractivity contribution in [2.75, 3.05) is 12.3 Å². The zero-order valence-corrected chi connectivity index (χ0v) is 10.5. The largest absolute Gasteiger partial charge is 0.387 e. The number of nitrogens with zero attached hydrogens (tertiary/aromatic N) is 1. The number of aliphatic hydroxyl groups is 1. The number of anilines is 1. The first-order chi connectivity index (χ1) is 7.29. The van der Waals surface area contributed by atoms with Gasteiger partial charge in [0.05, 0.1) is 11.1 Å². The highest BCUT2D eigenvalue weighted by Gasteiger charge is 2.14. The molecule has 16 heavy (non-hydrogen) atoms. The summed E-state index contributed by atoms with van der Waals surface area (Å²) in [5.41, 5.74) is 6.12. The van der Waals surface area contributed by atoms with Crippen LogP contribution in [0.4, 0.5) is 5.82 Å². The van der Waals surface area contributed by atoms with Gasteiger partial charge in [0, 0.05) is 23.8 Å². The van der Waals surface area contributed by atoms with E-state index in [9.17, 15) is 5.11 Å². The van der Waals surface area contributed by atoms with Gasteiger partial charge in [-0.25, -0.2) is 4.98 Å². The maximum absolute atomic E-state index is 9.90. The molecule has 1 unspecified atom stereocenters. The van der Waals surface area contributed by atoms with Gasteiger partial charge in [-0.2, -0.15) is 0 Å². The monoisotopic (exact) mass is 243 g/mol. The van der Waals surface area contributed by atoms with Crippen molar-refractivity contribution < 1.29 is 5.11 Å². The summed E-state index contributed by atoms with van der Waals surface area (Å²) in [7, 11) is 0. The normalized spacial score (nSPS) is 13.8. The number of halogens is 1. The molecule has 0 radical (unpaired) electrons. The van der Waals surface area contributed by atoms with Crippen molar-refractivity contribution in [2.24, 2.45) is 0 Å². The van der Waals surface area contributed by atoms with Crippen LogP contribution in [-0.2, 0) is 0 Å². The standard InChI is InChI=1S/C11H18ClN3O/c1-11(2,3)15-6-9(16)7-4-8(12)10(13)14-5-7/h4-5,9,15-16H,6H2,1-3H3,(H2,13,14). The molecule has 0 aliphatic carbocycles. The van der Waals surface area contributed by atoms with Crippen LogP contribution < -0.4 is 11.1 Å². The smallest absolute Gasteiger partial charge is 0.142 e. The number of pyridine rings is 1. The Morgan fingerprint density at radius 3 is 2.69 bits per heavy atom. The fourth-order valence-electron chi connectivity index (χ4n) is 1.17. The predicted octanol–water partition coefficient (Wildman–Crippen LogP) is 1.74. The minimum Gasteiger partial charge on any atom is -0.387 e. The van der Waals surface area contributed by atoms with Gasteiger partial charge < -0.3 is 16.2 Å². The number of aromatic nitrogens is 1. The van der Waals surface area contributed by atoms with Gasteiger partial charge >= 0.3 is 0 Å². The van der Waals surface area contributed by atoms with E-state index in [1.54, 1.807) is 6.07 Å². The van der Waals surface area contributed by atoms with Crippen LogP contribution in [0.15, 0.2) is 12.3 Å². The van der Waals surface area contributed by atoms with Gasteiger partial charge in [-0.1, -0.05) is 11.6 Å². The maximum Gasteiger partial charge on any atom is 0.142 e. The number of nitrogens with two attached hydrogens (primary N) is 1. The quantitative estimate of drug-likeness (QED) is 0.756. The summed E-state index contributed by atoms with van der Waals surface area (Å²) < 4.78 is 0. The Bertz CT molecular complexity index is 363. The first kappa shape index (κ1) is 13.2. The molecule has 0 aliphatic rings. The summed E-state index contributed by atoms with van der Waals surface area (Å²) in [4.78, 5) is 3.90. The minimum atomic E-state index is -0.634. The van der Waals surface area contributed by atoms with Crippen LogP contribution in [0.25, 0.3) is 0 Å². The average Bonchev–Trinajstić information content (AvgIpc) is 2.17. The van der Waals surface area contributed by atoms with Gasteiger partial charge in [0.2, 0.25) is 0 Å².